The number of hydrazine groups is 1. The van der Waals surface area contributed by atoms with Crippen LogP contribution < -0.4 is 16.0 Å². The third-order valence-electron chi connectivity index (χ3n) is 3.78. The number of aromatic nitrogens is 3. The van der Waals surface area contributed by atoms with E-state index in [0.29, 0.717) is 5.92 Å². The molecular formula is C14H19N5O. The maximum atomic E-state index is 5.77. The van der Waals surface area contributed by atoms with Crippen LogP contribution in [0.3, 0.4) is 0 Å². The van der Waals surface area contributed by atoms with Crippen molar-refractivity contribution < 1.29 is 4.74 Å². The molecule has 0 amide bonds. The molecule has 0 spiro atoms. The Labute approximate surface area is 117 Å². The van der Waals surface area contributed by atoms with Crippen LogP contribution in [0.2, 0.25) is 0 Å². The predicted octanol–water partition coefficient (Wildman–Crippen LogP) is 0.756. The van der Waals surface area contributed by atoms with E-state index in [9.17, 15) is 0 Å². The minimum Gasteiger partial charge on any atom is -0.493 e. The molecule has 0 saturated carbocycles. The molecule has 106 valence electrons. The number of nitrogens with zero attached hydrogens (tertiary/aromatic N) is 3. The molecule has 2 unspecified atom stereocenters. The van der Waals surface area contributed by atoms with Gasteiger partial charge in [-0.15, -0.1) is 5.10 Å². The van der Waals surface area contributed by atoms with Crippen LogP contribution in [0.5, 0.6) is 5.75 Å². The van der Waals surface area contributed by atoms with Crippen molar-refractivity contribution in [2.45, 2.75) is 24.8 Å². The molecule has 2 heterocycles. The monoisotopic (exact) mass is 273 g/mol. The maximum absolute atomic E-state index is 5.77. The van der Waals surface area contributed by atoms with Crippen molar-refractivity contribution in [1.29, 1.82) is 0 Å². The van der Waals surface area contributed by atoms with Gasteiger partial charge in [-0.1, -0.05) is 23.4 Å². The number of hydrogen-bond donors (Lipinski definition) is 2. The minimum absolute atomic E-state index is 0.122. The summed E-state index contributed by atoms with van der Waals surface area (Å²) in [7, 11) is 1.87. The fourth-order valence-electron chi connectivity index (χ4n) is 2.82. The first-order chi connectivity index (χ1) is 9.78. The second kappa shape index (κ2) is 5.60. The van der Waals surface area contributed by atoms with Crippen LogP contribution in [0, 0.1) is 0 Å². The second-order valence-corrected chi connectivity index (χ2v) is 5.14. The second-order valence-electron chi connectivity index (χ2n) is 5.14. The number of nitrogens with two attached hydrogens (primary N) is 1. The lowest BCUT2D eigenvalue weighted by atomic mass is 9.85. The first-order valence-electron chi connectivity index (χ1n) is 6.81. The summed E-state index contributed by atoms with van der Waals surface area (Å²) in [4.78, 5) is 0. The molecule has 1 aromatic carbocycles. The number of fused-ring (bicyclic) bond motifs is 1. The number of benzene rings is 1. The molecule has 6 heteroatoms. The van der Waals surface area contributed by atoms with Crippen LogP contribution in [-0.2, 0) is 13.5 Å². The fraction of sp³-hybridized carbons (Fsp3) is 0.429. The molecule has 2 aromatic rings. The molecule has 20 heavy (non-hydrogen) atoms. The third kappa shape index (κ3) is 2.52. The lowest BCUT2D eigenvalue weighted by Gasteiger charge is -2.31. The normalized spacial score (nSPS) is 19.2. The van der Waals surface area contributed by atoms with Crippen molar-refractivity contribution in [2.24, 2.45) is 12.9 Å². The van der Waals surface area contributed by atoms with Gasteiger partial charge < -0.3 is 4.74 Å². The summed E-state index contributed by atoms with van der Waals surface area (Å²) >= 11 is 0. The van der Waals surface area contributed by atoms with Crippen molar-refractivity contribution in [3.05, 3.63) is 41.7 Å². The standard InChI is InChI=1S/C14H19N5O/c1-19-9-10(17-18-19)8-13(16-15)11-6-7-20-14-5-3-2-4-12(11)14/h2-5,9,11,13,16H,6-8,15H2,1H3. The quantitative estimate of drug-likeness (QED) is 0.635. The predicted molar refractivity (Wildman–Crippen MR) is 75.1 cm³/mol. The zero-order valence-corrected chi connectivity index (χ0v) is 11.5. The van der Waals surface area contributed by atoms with Crippen LogP contribution in [0.1, 0.15) is 23.6 Å². The molecule has 3 rings (SSSR count). The molecule has 0 fully saturated rings. The van der Waals surface area contributed by atoms with E-state index < -0.39 is 0 Å². The Morgan fingerprint density at radius 1 is 1.50 bits per heavy atom. The van der Waals surface area contributed by atoms with Crippen molar-refractivity contribution in [1.82, 2.24) is 20.4 Å². The third-order valence-corrected chi connectivity index (χ3v) is 3.78. The molecule has 1 aliphatic rings. The van der Waals surface area contributed by atoms with Gasteiger partial charge in [-0.3, -0.25) is 16.0 Å². The van der Waals surface area contributed by atoms with Crippen LogP contribution >= 0.6 is 0 Å². The summed E-state index contributed by atoms with van der Waals surface area (Å²) in [6, 6.07) is 8.28. The fourth-order valence-corrected chi connectivity index (χ4v) is 2.82. The molecular weight excluding hydrogens is 254 g/mol. The zero-order chi connectivity index (χ0) is 13.9. The highest BCUT2D eigenvalue weighted by molar-refractivity contribution is 5.38. The van der Waals surface area contributed by atoms with Crippen LogP contribution in [0.15, 0.2) is 30.5 Å². The van der Waals surface area contributed by atoms with Gasteiger partial charge in [-0.05, 0) is 18.1 Å². The molecule has 1 aromatic heterocycles. The van der Waals surface area contributed by atoms with Gasteiger partial charge in [0.25, 0.3) is 0 Å². The summed E-state index contributed by atoms with van der Waals surface area (Å²) < 4.78 is 7.41. The Balaban J connectivity index is 1.83. The number of aryl methyl sites for hydroxylation is 1. The number of ether oxygens (including phenoxy) is 1. The van der Waals surface area contributed by atoms with Gasteiger partial charge in [0, 0.05) is 31.6 Å². The Kier molecular flexibility index (Phi) is 3.66. The van der Waals surface area contributed by atoms with Crippen LogP contribution in [-0.4, -0.2) is 27.6 Å². The smallest absolute Gasteiger partial charge is 0.122 e. The van der Waals surface area contributed by atoms with Crippen molar-refractivity contribution >= 4 is 0 Å². The molecule has 1 aliphatic heterocycles. The Bertz CT molecular complexity index is 582. The summed E-state index contributed by atoms with van der Waals surface area (Å²) in [6.07, 6.45) is 3.63. The van der Waals surface area contributed by atoms with Gasteiger partial charge in [0.1, 0.15) is 5.75 Å². The largest absolute Gasteiger partial charge is 0.493 e. The Morgan fingerprint density at radius 3 is 3.10 bits per heavy atom. The first kappa shape index (κ1) is 13.1. The topological polar surface area (TPSA) is 78.0 Å². The first-order valence-corrected chi connectivity index (χ1v) is 6.81. The highest BCUT2D eigenvalue weighted by Gasteiger charge is 2.28. The van der Waals surface area contributed by atoms with Crippen molar-refractivity contribution in [3.63, 3.8) is 0 Å². The highest BCUT2D eigenvalue weighted by Crippen LogP contribution is 2.36. The molecule has 0 saturated heterocycles. The van der Waals surface area contributed by atoms with E-state index in [0.717, 1.165) is 30.9 Å². The minimum atomic E-state index is 0.122. The van der Waals surface area contributed by atoms with Gasteiger partial charge in [0.15, 0.2) is 0 Å². The van der Waals surface area contributed by atoms with Crippen LogP contribution in [0.4, 0.5) is 0 Å². The molecule has 6 nitrogen and oxygen atoms in total. The van der Waals surface area contributed by atoms with Crippen molar-refractivity contribution in [2.75, 3.05) is 6.61 Å². The number of para-hydroxylation sites is 1. The van der Waals surface area contributed by atoms with E-state index in [1.54, 1.807) is 4.68 Å². The maximum Gasteiger partial charge on any atom is 0.122 e. The zero-order valence-electron chi connectivity index (χ0n) is 11.5. The van der Waals surface area contributed by atoms with Gasteiger partial charge in [-0.2, -0.15) is 0 Å². The van der Waals surface area contributed by atoms with E-state index in [-0.39, 0.29) is 6.04 Å². The summed E-state index contributed by atoms with van der Waals surface area (Å²) in [6.45, 7) is 0.723. The summed E-state index contributed by atoms with van der Waals surface area (Å²) in [5.74, 6) is 7.06. The molecule has 0 radical (unpaired) electrons. The summed E-state index contributed by atoms with van der Waals surface area (Å²) in [5, 5.41) is 8.11. The lowest BCUT2D eigenvalue weighted by Crippen LogP contribution is -2.43. The number of nitrogens with one attached hydrogen (secondary N) is 1. The number of hydrogen-bond acceptors (Lipinski definition) is 5. The van der Waals surface area contributed by atoms with Gasteiger partial charge >= 0.3 is 0 Å². The SMILES string of the molecule is Cn1cc(CC(NN)C2CCOc3ccccc32)nn1. The summed E-state index contributed by atoms with van der Waals surface area (Å²) in [5.41, 5.74) is 5.10. The number of rotatable bonds is 4. The van der Waals surface area contributed by atoms with Crippen molar-refractivity contribution in [3.8, 4) is 5.75 Å². The Hall–Kier alpha value is -1.92. The highest BCUT2D eigenvalue weighted by atomic mass is 16.5. The van der Waals surface area contributed by atoms with E-state index >= 15 is 0 Å². The molecule has 2 atom stereocenters. The lowest BCUT2D eigenvalue weighted by molar-refractivity contribution is 0.244. The van der Waals surface area contributed by atoms with E-state index in [2.05, 4.69) is 21.8 Å². The van der Waals surface area contributed by atoms with E-state index in [1.165, 1.54) is 5.56 Å². The van der Waals surface area contributed by atoms with E-state index in [1.807, 2.05) is 31.4 Å². The molecule has 0 bridgehead atoms. The van der Waals surface area contributed by atoms with Gasteiger partial charge in [0.05, 0.1) is 12.3 Å². The average molecular weight is 273 g/mol. The average Bonchev–Trinajstić information content (AvgIpc) is 2.89. The molecule has 3 N–H and O–H groups in total. The van der Waals surface area contributed by atoms with E-state index in [4.69, 9.17) is 10.6 Å². The molecule has 0 aliphatic carbocycles. The van der Waals surface area contributed by atoms with Crippen LogP contribution in [0.25, 0.3) is 0 Å². The Morgan fingerprint density at radius 2 is 2.35 bits per heavy atom. The van der Waals surface area contributed by atoms with Gasteiger partial charge in [0.2, 0.25) is 0 Å². The van der Waals surface area contributed by atoms with Gasteiger partial charge in [-0.25, -0.2) is 0 Å².